The first-order valence-electron chi connectivity index (χ1n) is 6.87. The number of hydrogen-bond acceptors (Lipinski definition) is 1. The van der Waals surface area contributed by atoms with Crippen molar-refractivity contribution in [1.82, 2.24) is 4.57 Å². The number of rotatable bonds is 4. The Morgan fingerprint density at radius 3 is 2.70 bits per heavy atom. The van der Waals surface area contributed by atoms with Gasteiger partial charge in [0.2, 0.25) is 0 Å². The molecule has 3 nitrogen and oxygen atoms in total. The lowest BCUT2D eigenvalue weighted by atomic mass is 10.1. The van der Waals surface area contributed by atoms with Crippen LogP contribution < -0.4 is 0 Å². The molecule has 118 valence electrons. The van der Waals surface area contributed by atoms with E-state index in [4.69, 9.17) is 28.3 Å². The van der Waals surface area contributed by atoms with Gasteiger partial charge in [0.25, 0.3) is 0 Å². The molecule has 1 N–H and O–H groups in total. The number of carboxylic acid groups (broad SMARTS) is 1. The van der Waals surface area contributed by atoms with Crippen molar-refractivity contribution < 1.29 is 14.3 Å². The maximum Gasteiger partial charge on any atom is 0.307 e. The molecule has 0 bridgehead atoms. The van der Waals surface area contributed by atoms with Crippen molar-refractivity contribution in [2.24, 2.45) is 0 Å². The number of fused-ring (bicyclic) bond motifs is 1. The number of halogens is 3. The van der Waals surface area contributed by atoms with Crippen LogP contribution in [0.3, 0.4) is 0 Å². The summed E-state index contributed by atoms with van der Waals surface area (Å²) in [5.41, 5.74) is 1.77. The van der Waals surface area contributed by atoms with Crippen LogP contribution >= 0.6 is 23.2 Å². The molecule has 1 aromatic heterocycles. The molecule has 23 heavy (non-hydrogen) atoms. The van der Waals surface area contributed by atoms with Crippen LogP contribution in [0.1, 0.15) is 11.1 Å². The van der Waals surface area contributed by atoms with Crippen LogP contribution in [-0.2, 0) is 17.8 Å². The van der Waals surface area contributed by atoms with Crippen LogP contribution in [0.15, 0.2) is 42.6 Å². The summed E-state index contributed by atoms with van der Waals surface area (Å²) in [5.74, 6) is -1.33. The highest BCUT2D eigenvalue weighted by Crippen LogP contribution is 2.28. The fourth-order valence-electron chi connectivity index (χ4n) is 2.63. The summed E-state index contributed by atoms with van der Waals surface area (Å²) < 4.78 is 15.8. The average Bonchev–Trinajstić information content (AvgIpc) is 2.79. The molecule has 0 saturated heterocycles. The van der Waals surface area contributed by atoms with E-state index in [2.05, 4.69) is 0 Å². The largest absolute Gasteiger partial charge is 0.481 e. The Balaban J connectivity index is 2.12. The smallest absolute Gasteiger partial charge is 0.307 e. The van der Waals surface area contributed by atoms with Gasteiger partial charge in [0.05, 0.1) is 13.0 Å². The first-order valence-corrected chi connectivity index (χ1v) is 7.63. The predicted octanol–water partition coefficient (Wildman–Crippen LogP) is 4.76. The highest BCUT2D eigenvalue weighted by atomic mass is 35.5. The molecule has 3 aromatic rings. The number of carbonyl (C=O) groups is 1. The highest BCUT2D eigenvalue weighted by Gasteiger charge is 2.14. The topological polar surface area (TPSA) is 42.2 Å². The average molecular weight is 352 g/mol. The molecule has 0 fully saturated rings. The zero-order valence-corrected chi connectivity index (χ0v) is 13.4. The fraction of sp³-hybridized carbons (Fsp3) is 0.118. The lowest BCUT2D eigenvalue weighted by Crippen LogP contribution is -2.02. The van der Waals surface area contributed by atoms with E-state index >= 15 is 0 Å². The van der Waals surface area contributed by atoms with Gasteiger partial charge >= 0.3 is 5.97 Å². The first kappa shape index (κ1) is 15.8. The third kappa shape index (κ3) is 3.19. The van der Waals surface area contributed by atoms with E-state index < -0.39 is 11.8 Å². The monoisotopic (exact) mass is 351 g/mol. The van der Waals surface area contributed by atoms with Gasteiger partial charge in [0.15, 0.2) is 0 Å². The van der Waals surface area contributed by atoms with Gasteiger partial charge in [-0.05, 0) is 35.9 Å². The van der Waals surface area contributed by atoms with E-state index in [1.54, 1.807) is 41.1 Å². The summed E-state index contributed by atoms with van der Waals surface area (Å²) in [6.45, 7) is 0.212. The minimum absolute atomic E-state index is 0.130. The summed E-state index contributed by atoms with van der Waals surface area (Å²) in [4.78, 5) is 11.0. The molecule has 6 heteroatoms. The molecule has 3 rings (SSSR count). The standard InChI is InChI=1S/C17H12Cl2FNO2/c18-11-4-5-16-12(7-11)10(6-17(22)23)8-21(16)9-13-14(19)2-1-3-15(13)20/h1-5,7-8H,6,9H2,(H,22,23). The Morgan fingerprint density at radius 1 is 1.22 bits per heavy atom. The SMILES string of the molecule is O=C(O)Cc1cn(Cc2c(F)cccc2Cl)c2ccc(Cl)cc12. The maximum absolute atomic E-state index is 14.0. The summed E-state index contributed by atoms with van der Waals surface area (Å²) >= 11 is 12.1. The number of aliphatic carboxylic acids is 1. The van der Waals surface area contributed by atoms with Gasteiger partial charge in [-0.15, -0.1) is 0 Å². The molecule has 0 spiro atoms. The van der Waals surface area contributed by atoms with Gasteiger partial charge in [0.1, 0.15) is 5.82 Å². The Hall–Kier alpha value is -2.04. The van der Waals surface area contributed by atoms with E-state index in [9.17, 15) is 9.18 Å². The molecule has 0 atom stereocenters. The zero-order valence-electron chi connectivity index (χ0n) is 11.9. The Labute approximate surface area is 141 Å². The van der Waals surface area contributed by atoms with Crippen molar-refractivity contribution in [2.75, 3.05) is 0 Å². The van der Waals surface area contributed by atoms with E-state index in [1.807, 2.05) is 0 Å². The fourth-order valence-corrected chi connectivity index (χ4v) is 3.03. The lowest BCUT2D eigenvalue weighted by molar-refractivity contribution is -0.136. The van der Waals surface area contributed by atoms with Crippen LogP contribution in [0.4, 0.5) is 4.39 Å². The van der Waals surface area contributed by atoms with Crippen LogP contribution in [0, 0.1) is 5.82 Å². The molecule has 0 aliphatic rings. The third-order valence-electron chi connectivity index (χ3n) is 3.66. The molecule has 0 amide bonds. The first-order chi connectivity index (χ1) is 11.0. The number of nitrogens with zero attached hydrogens (tertiary/aromatic N) is 1. The number of aromatic nitrogens is 1. The lowest BCUT2D eigenvalue weighted by Gasteiger charge is -2.08. The summed E-state index contributed by atoms with van der Waals surface area (Å²) in [6.07, 6.45) is 1.58. The number of benzene rings is 2. The molecule has 0 aliphatic carbocycles. The van der Waals surface area contributed by atoms with Gasteiger partial charge in [-0.1, -0.05) is 29.3 Å². The van der Waals surface area contributed by atoms with E-state index in [-0.39, 0.29) is 13.0 Å². The summed E-state index contributed by atoms with van der Waals surface area (Å²) in [6, 6.07) is 9.74. The van der Waals surface area contributed by atoms with Gasteiger partial charge < -0.3 is 9.67 Å². The van der Waals surface area contributed by atoms with Crippen molar-refractivity contribution in [3.63, 3.8) is 0 Å². The Morgan fingerprint density at radius 2 is 2.00 bits per heavy atom. The molecular formula is C17H12Cl2FNO2. The maximum atomic E-state index is 14.0. The minimum atomic E-state index is -0.937. The molecule has 0 radical (unpaired) electrons. The number of hydrogen-bond donors (Lipinski definition) is 1. The van der Waals surface area contributed by atoms with Gasteiger partial charge in [-0.2, -0.15) is 0 Å². The molecule has 1 heterocycles. The third-order valence-corrected chi connectivity index (χ3v) is 4.25. The van der Waals surface area contributed by atoms with Crippen LogP contribution in [0.5, 0.6) is 0 Å². The van der Waals surface area contributed by atoms with Crippen molar-refractivity contribution in [3.8, 4) is 0 Å². The second-order valence-corrected chi connectivity index (χ2v) is 6.06. The van der Waals surface area contributed by atoms with Crippen LogP contribution in [-0.4, -0.2) is 15.6 Å². The quantitative estimate of drug-likeness (QED) is 0.735. The van der Waals surface area contributed by atoms with Gasteiger partial charge in [0, 0.05) is 32.7 Å². The minimum Gasteiger partial charge on any atom is -0.481 e. The molecule has 0 unspecified atom stereocenters. The predicted molar refractivity (Wildman–Crippen MR) is 88.8 cm³/mol. The molecule has 2 aromatic carbocycles. The number of carboxylic acids is 1. The summed E-state index contributed by atoms with van der Waals surface area (Å²) in [5, 5.41) is 10.7. The second kappa shape index (κ2) is 6.22. The van der Waals surface area contributed by atoms with E-state index in [0.29, 0.717) is 21.2 Å². The summed E-state index contributed by atoms with van der Waals surface area (Å²) in [7, 11) is 0. The second-order valence-electron chi connectivity index (χ2n) is 5.21. The van der Waals surface area contributed by atoms with Crippen molar-refractivity contribution in [1.29, 1.82) is 0 Å². The zero-order chi connectivity index (χ0) is 16.6. The molecule has 0 aliphatic heterocycles. The Kier molecular flexibility index (Phi) is 4.28. The van der Waals surface area contributed by atoms with Crippen molar-refractivity contribution in [3.05, 3.63) is 69.6 Å². The Bertz CT molecular complexity index is 885. The normalized spacial score (nSPS) is 11.1. The van der Waals surface area contributed by atoms with E-state index in [0.717, 1.165) is 10.9 Å². The van der Waals surface area contributed by atoms with Gasteiger partial charge in [-0.25, -0.2) is 4.39 Å². The highest BCUT2D eigenvalue weighted by molar-refractivity contribution is 6.31. The molecular weight excluding hydrogens is 340 g/mol. The van der Waals surface area contributed by atoms with E-state index in [1.165, 1.54) is 6.07 Å². The van der Waals surface area contributed by atoms with Gasteiger partial charge in [-0.3, -0.25) is 4.79 Å². The van der Waals surface area contributed by atoms with Crippen LogP contribution in [0.2, 0.25) is 10.0 Å². The van der Waals surface area contributed by atoms with Crippen molar-refractivity contribution in [2.45, 2.75) is 13.0 Å². The molecule has 0 saturated carbocycles. The van der Waals surface area contributed by atoms with Crippen LogP contribution in [0.25, 0.3) is 10.9 Å². The van der Waals surface area contributed by atoms with Crippen molar-refractivity contribution >= 4 is 40.1 Å².